The maximum atomic E-state index is 12.8. The average molecular weight is 410 g/mol. The second-order valence-corrected chi connectivity index (χ2v) is 9.25. The van der Waals surface area contributed by atoms with Crippen molar-refractivity contribution in [1.29, 1.82) is 0 Å². The molecule has 28 heavy (non-hydrogen) atoms. The minimum absolute atomic E-state index is 0.0330. The number of aromatic amines is 1. The second kappa shape index (κ2) is 6.86. The summed E-state index contributed by atoms with van der Waals surface area (Å²) in [6.07, 6.45) is 2.39. The topological polar surface area (TPSA) is 76.5 Å². The summed E-state index contributed by atoms with van der Waals surface area (Å²) in [5, 5.41) is 12.1. The van der Waals surface area contributed by atoms with E-state index >= 15 is 0 Å². The van der Waals surface area contributed by atoms with Crippen LogP contribution in [0.5, 0.6) is 0 Å². The summed E-state index contributed by atoms with van der Waals surface area (Å²) in [4.78, 5) is 21.4. The summed E-state index contributed by atoms with van der Waals surface area (Å²) in [5.41, 5.74) is 1.87. The number of hydrogen-bond acceptors (Lipinski definition) is 6. The van der Waals surface area contributed by atoms with Gasteiger partial charge in [-0.1, -0.05) is 42.1 Å². The molecule has 8 heteroatoms. The summed E-state index contributed by atoms with van der Waals surface area (Å²) < 4.78 is 2.06. The van der Waals surface area contributed by atoms with Crippen LogP contribution in [0.2, 0.25) is 0 Å². The molecule has 6 nitrogen and oxygen atoms in total. The standard InChI is InChI=1S/C20H19N5OS2/c1-11(28-20-24-23-17(25(20)2)13-8-9-13)16-21-18(26)15-14(10-27-19(15)22-16)12-6-4-3-5-7-12/h3-7,10-11,13H,8-9H2,1-2H3,(H,21,22,26)/t11-/m1/s1. The van der Waals surface area contributed by atoms with E-state index in [1.165, 1.54) is 24.2 Å². The highest BCUT2D eigenvalue weighted by atomic mass is 32.2. The number of nitrogens with zero attached hydrogens (tertiary/aromatic N) is 4. The quantitative estimate of drug-likeness (QED) is 0.491. The Balaban J connectivity index is 1.47. The molecule has 0 bridgehead atoms. The van der Waals surface area contributed by atoms with Crippen LogP contribution in [0, 0.1) is 0 Å². The molecule has 0 aliphatic heterocycles. The predicted molar refractivity (Wildman–Crippen MR) is 113 cm³/mol. The summed E-state index contributed by atoms with van der Waals surface area (Å²) in [7, 11) is 2.01. The van der Waals surface area contributed by atoms with E-state index in [-0.39, 0.29) is 10.8 Å². The fraction of sp³-hybridized carbons (Fsp3) is 0.300. The van der Waals surface area contributed by atoms with Gasteiger partial charge in [0.25, 0.3) is 5.56 Å². The largest absolute Gasteiger partial charge is 0.309 e. The number of hydrogen-bond donors (Lipinski definition) is 1. The van der Waals surface area contributed by atoms with Crippen molar-refractivity contribution in [3.8, 4) is 11.1 Å². The number of rotatable bonds is 5. The molecule has 1 fully saturated rings. The van der Waals surface area contributed by atoms with Crippen LogP contribution in [0.3, 0.4) is 0 Å². The van der Waals surface area contributed by atoms with Crippen molar-refractivity contribution in [2.45, 2.75) is 36.1 Å². The Morgan fingerprint density at radius 2 is 2.04 bits per heavy atom. The predicted octanol–water partition coefficient (Wildman–Crippen LogP) is 4.51. The number of thioether (sulfide) groups is 1. The van der Waals surface area contributed by atoms with Gasteiger partial charge < -0.3 is 9.55 Å². The molecular formula is C20H19N5OS2. The highest BCUT2D eigenvalue weighted by Gasteiger charge is 2.30. The highest BCUT2D eigenvalue weighted by Crippen LogP contribution is 2.41. The van der Waals surface area contributed by atoms with E-state index in [0.717, 1.165) is 26.9 Å². The number of fused-ring (bicyclic) bond motifs is 1. The summed E-state index contributed by atoms with van der Waals surface area (Å²) in [5.74, 6) is 2.27. The fourth-order valence-electron chi connectivity index (χ4n) is 3.33. The van der Waals surface area contributed by atoms with Crippen LogP contribution in [0.4, 0.5) is 0 Å². The van der Waals surface area contributed by atoms with E-state index in [2.05, 4.69) is 19.7 Å². The molecule has 1 saturated carbocycles. The van der Waals surface area contributed by atoms with E-state index in [9.17, 15) is 4.79 Å². The lowest BCUT2D eigenvalue weighted by molar-refractivity contribution is 0.733. The van der Waals surface area contributed by atoms with Gasteiger partial charge in [0, 0.05) is 23.9 Å². The fourth-order valence-corrected chi connectivity index (χ4v) is 5.16. The molecule has 0 spiro atoms. The lowest BCUT2D eigenvalue weighted by Gasteiger charge is -2.10. The third-order valence-corrected chi connectivity index (χ3v) is 7.04. The zero-order chi connectivity index (χ0) is 19.3. The van der Waals surface area contributed by atoms with Gasteiger partial charge in [-0.15, -0.1) is 21.5 Å². The zero-order valence-corrected chi connectivity index (χ0v) is 17.2. The average Bonchev–Trinajstić information content (AvgIpc) is 3.35. The van der Waals surface area contributed by atoms with Crippen molar-refractivity contribution in [1.82, 2.24) is 24.7 Å². The van der Waals surface area contributed by atoms with Crippen molar-refractivity contribution >= 4 is 33.3 Å². The molecule has 0 saturated heterocycles. The minimum Gasteiger partial charge on any atom is -0.309 e. The molecule has 142 valence electrons. The van der Waals surface area contributed by atoms with Crippen LogP contribution in [-0.2, 0) is 7.05 Å². The maximum absolute atomic E-state index is 12.8. The molecule has 0 radical (unpaired) electrons. The van der Waals surface area contributed by atoms with Gasteiger partial charge in [-0.3, -0.25) is 4.79 Å². The third-order valence-electron chi connectivity index (χ3n) is 5.03. The van der Waals surface area contributed by atoms with Crippen molar-refractivity contribution in [2.75, 3.05) is 0 Å². The van der Waals surface area contributed by atoms with Crippen LogP contribution >= 0.6 is 23.1 Å². The Labute approximate surface area is 170 Å². The SMILES string of the molecule is C[C@@H](Sc1nnc(C2CC2)n1C)c1nc2scc(-c3ccccc3)c2c(=O)[nH]1. The van der Waals surface area contributed by atoms with Gasteiger partial charge in [0.05, 0.1) is 10.6 Å². The third kappa shape index (κ3) is 3.06. The van der Waals surface area contributed by atoms with E-state index in [0.29, 0.717) is 17.1 Å². The molecule has 5 rings (SSSR count). The van der Waals surface area contributed by atoms with Crippen LogP contribution in [-0.4, -0.2) is 24.7 Å². The summed E-state index contributed by atoms with van der Waals surface area (Å²) >= 11 is 3.08. The van der Waals surface area contributed by atoms with E-state index < -0.39 is 0 Å². The first-order valence-electron chi connectivity index (χ1n) is 9.24. The first-order valence-corrected chi connectivity index (χ1v) is 11.0. The molecular weight excluding hydrogens is 390 g/mol. The number of nitrogens with one attached hydrogen (secondary N) is 1. The van der Waals surface area contributed by atoms with Gasteiger partial charge in [-0.05, 0) is 25.3 Å². The van der Waals surface area contributed by atoms with Gasteiger partial charge in [0.2, 0.25) is 0 Å². The lowest BCUT2D eigenvalue weighted by Crippen LogP contribution is -2.12. The van der Waals surface area contributed by atoms with Gasteiger partial charge >= 0.3 is 0 Å². The number of thiophene rings is 1. The molecule has 0 amide bonds. The lowest BCUT2D eigenvalue weighted by atomic mass is 10.1. The Morgan fingerprint density at radius 1 is 1.25 bits per heavy atom. The summed E-state index contributed by atoms with van der Waals surface area (Å²) in [6.45, 7) is 2.03. The Bertz CT molecular complexity index is 1210. The molecule has 1 N–H and O–H groups in total. The van der Waals surface area contributed by atoms with Gasteiger partial charge in [0.15, 0.2) is 5.16 Å². The number of benzene rings is 1. The minimum atomic E-state index is -0.0933. The molecule has 0 unspecified atom stereocenters. The van der Waals surface area contributed by atoms with Crippen molar-refractivity contribution < 1.29 is 0 Å². The highest BCUT2D eigenvalue weighted by molar-refractivity contribution is 7.99. The van der Waals surface area contributed by atoms with Crippen LogP contribution in [0.15, 0.2) is 45.7 Å². The second-order valence-electron chi connectivity index (χ2n) is 7.08. The molecule has 1 aliphatic carbocycles. The summed E-state index contributed by atoms with van der Waals surface area (Å²) in [6, 6.07) is 9.95. The number of H-pyrrole nitrogens is 1. The van der Waals surface area contributed by atoms with E-state index in [1.54, 1.807) is 11.8 Å². The van der Waals surface area contributed by atoms with Crippen LogP contribution in [0.1, 0.15) is 42.6 Å². The van der Waals surface area contributed by atoms with Crippen LogP contribution in [0.25, 0.3) is 21.3 Å². The first-order chi connectivity index (χ1) is 13.6. The Morgan fingerprint density at radius 3 is 2.79 bits per heavy atom. The normalized spacial score (nSPS) is 15.2. The molecule has 4 aromatic rings. The molecule has 1 aliphatic rings. The zero-order valence-electron chi connectivity index (χ0n) is 15.5. The van der Waals surface area contributed by atoms with Crippen molar-refractivity contribution in [3.63, 3.8) is 0 Å². The molecule has 3 aromatic heterocycles. The first kappa shape index (κ1) is 17.6. The molecule has 3 heterocycles. The van der Waals surface area contributed by atoms with Gasteiger partial charge in [-0.25, -0.2) is 4.98 Å². The van der Waals surface area contributed by atoms with Crippen molar-refractivity contribution in [2.24, 2.45) is 7.05 Å². The monoisotopic (exact) mass is 409 g/mol. The number of aromatic nitrogens is 5. The van der Waals surface area contributed by atoms with E-state index in [4.69, 9.17) is 4.98 Å². The van der Waals surface area contributed by atoms with E-state index in [1.807, 2.05) is 49.7 Å². The molecule has 1 aromatic carbocycles. The molecule has 1 atom stereocenters. The Kier molecular flexibility index (Phi) is 4.32. The van der Waals surface area contributed by atoms with Gasteiger partial charge in [0.1, 0.15) is 16.5 Å². The maximum Gasteiger partial charge on any atom is 0.260 e. The van der Waals surface area contributed by atoms with Gasteiger partial charge in [-0.2, -0.15) is 0 Å². The van der Waals surface area contributed by atoms with Crippen LogP contribution < -0.4 is 5.56 Å². The Hall–Kier alpha value is -2.45. The van der Waals surface area contributed by atoms with Crippen molar-refractivity contribution in [3.05, 3.63) is 57.7 Å². The smallest absolute Gasteiger partial charge is 0.260 e.